The fraction of sp³-hybridized carbons (Fsp3) is 0.300. The van der Waals surface area contributed by atoms with E-state index in [9.17, 15) is 4.79 Å². The molecule has 0 amide bonds. The summed E-state index contributed by atoms with van der Waals surface area (Å²) in [4.78, 5) is 11.3. The highest BCUT2D eigenvalue weighted by molar-refractivity contribution is 9.10. The predicted octanol–water partition coefficient (Wildman–Crippen LogP) is 2.79. The summed E-state index contributed by atoms with van der Waals surface area (Å²) in [5.74, 6) is -0.307. The van der Waals surface area contributed by atoms with Crippen LogP contribution in [0.25, 0.3) is 0 Å². The first-order chi connectivity index (χ1) is 7.04. The van der Waals surface area contributed by atoms with Gasteiger partial charge in [0.25, 0.3) is 0 Å². The number of ether oxygens (including phenoxy) is 1. The third kappa shape index (κ3) is 3.39. The monoisotopic (exact) mass is 291 g/mol. The number of nitrogens with two attached hydrogens (primary N) is 1. The molecule has 0 bridgehead atoms. The zero-order valence-corrected chi connectivity index (χ0v) is 10.6. The Balaban J connectivity index is 2.89. The lowest BCUT2D eigenvalue weighted by Crippen LogP contribution is -2.09. The van der Waals surface area contributed by atoms with Crippen molar-refractivity contribution in [1.82, 2.24) is 0 Å². The van der Waals surface area contributed by atoms with Crippen LogP contribution in [0.1, 0.15) is 12.5 Å². The number of benzene rings is 1. The summed E-state index contributed by atoms with van der Waals surface area (Å²) in [6, 6.07) is 3.45. The second kappa shape index (κ2) is 5.37. The van der Waals surface area contributed by atoms with Crippen LogP contribution in [0.3, 0.4) is 0 Å². The van der Waals surface area contributed by atoms with Crippen molar-refractivity contribution in [2.45, 2.75) is 13.3 Å². The van der Waals surface area contributed by atoms with E-state index in [1.807, 2.05) is 0 Å². The highest BCUT2D eigenvalue weighted by atomic mass is 79.9. The molecule has 0 radical (unpaired) electrons. The second-order valence-electron chi connectivity index (χ2n) is 2.94. The Morgan fingerprint density at radius 2 is 2.27 bits per heavy atom. The Bertz CT molecular complexity index is 382. The molecular formula is C10H11BrClNO2. The fourth-order valence-corrected chi connectivity index (χ4v) is 2.03. The van der Waals surface area contributed by atoms with Gasteiger partial charge in [-0.15, -0.1) is 0 Å². The molecule has 3 nitrogen and oxygen atoms in total. The van der Waals surface area contributed by atoms with Gasteiger partial charge in [-0.3, -0.25) is 4.79 Å². The van der Waals surface area contributed by atoms with Crippen molar-refractivity contribution in [3.05, 3.63) is 27.2 Å². The van der Waals surface area contributed by atoms with Gasteiger partial charge in [0.2, 0.25) is 0 Å². The molecule has 0 saturated carbocycles. The molecule has 0 aliphatic carbocycles. The first-order valence-corrected chi connectivity index (χ1v) is 5.60. The van der Waals surface area contributed by atoms with Gasteiger partial charge in [0.15, 0.2) is 0 Å². The van der Waals surface area contributed by atoms with E-state index in [4.69, 9.17) is 22.1 Å². The van der Waals surface area contributed by atoms with Crippen molar-refractivity contribution < 1.29 is 9.53 Å². The molecule has 0 aliphatic rings. The fourth-order valence-electron chi connectivity index (χ4n) is 1.15. The number of carbonyl (C=O) groups is 1. The number of halogens is 2. The van der Waals surface area contributed by atoms with Crippen LogP contribution in [-0.4, -0.2) is 12.6 Å². The molecule has 2 N–H and O–H groups in total. The first kappa shape index (κ1) is 12.3. The standard InChI is InChI=1S/C10H11BrClNO2/c1-2-15-9(14)4-6-3-7(11)5-8(12)10(6)13/h3,5H,2,4,13H2,1H3. The summed E-state index contributed by atoms with van der Waals surface area (Å²) >= 11 is 9.16. The van der Waals surface area contributed by atoms with E-state index in [1.54, 1.807) is 19.1 Å². The van der Waals surface area contributed by atoms with Crippen molar-refractivity contribution in [3.8, 4) is 0 Å². The van der Waals surface area contributed by atoms with Gasteiger partial charge in [-0.05, 0) is 24.6 Å². The average molecular weight is 293 g/mol. The van der Waals surface area contributed by atoms with Crippen LogP contribution in [0.4, 0.5) is 5.69 Å². The van der Waals surface area contributed by atoms with Gasteiger partial charge in [0, 0.05) is 4.47 Å². The molecule has 0 heterocycles. The van der Waals surface area contributed by atoms with Crippen molar-refractivity contribution in [2.75, 3.05) is 12.3 Å². The molecule has 82 valence electrons. The number of nitrogen functional groups attached to an aromatic ring is 1. The zero-order chi connectivity index (χ0) is 11.4. The maximum absolute atomic E-state index is 11.3. The van der Waals surface area contributed by atoms with Crippen LogP contribution >= 0.6 is 27.5 Å². The topological polar surface area (TPSA) is 52.3 Å². The Kier molecular flexibility index (Phi) is 4.42. The minimum Gasteiger partial charge on any atom is -0.466 e. The summed E-state index contributed by atoms with van der Waals surface area (Å²) in [7, 11) is 0. The Morgan fingerprint density at radius 1 is 1.60 bits per heavy atom. The van der Waals surface area contributed by atoms with Gasteiger partial charge < -0.3 is 10.5 Å². The van der Waals surface area contributed by atoms with Crippen LogP contribution in [0.5, 0.6) is 0 Å². The molecule has 0 aliphatic heterocycles. The van der Waals surface area contributed by atoms with Crippen molar-refractivity contribution >= 4 is 39.2 Å². The lowest BCUT2D eigenvalue weighted by Gasteiger charge is -2.07. The van der Waals surface area contributed by atoms with E-state index < -0.39 is 0 Å². The largest absolute Gasteiger partial charge is 0.466 e. The third-order valence-corrected chi connectivity index (χ3v) is 2.59. The molecule has 0 spiro atoms. The molecule has 15 heavy (non-hydrogen) atoms. The van der Waals surface area contributed by atoms with Crippen LogP contribution in [-0.2, 0) is 16.0 Å². The highest BCUT2D eigenvalue weighted by Crippen LogP contribution is 2.28. The number of carbonyl (C=O) groups excluding carboxylic acids is 1. The van der Waals surface area contributed by atoms with Crippen LogP contribution < -0.4 is 5.73 Å². The minimum atomic E-state index is -0.307. The predicted molar refractivity (Wildman–Crippen MR) is 63.9 cm³/mol. The van der Waals surface area contributed by atoms with Crippen molar-refractivity contribution in [2.24, 2.45) is 0 Å². The Morgan fingerprint density at radius 3 is 2.87 bits per heavy atom. The number of rotatable bonds is 3. The van der Waals surface area contributed by atoms with Gasteiger partial charge in [-0.25, -0.2) is 0 Å². The molecule has 0 fully saturated rings. The average Bonchev–Trinajstić information content (AvgIpc) is 2.13. The molecule has 0 unspecified atom stereocenters. The lowest BCUT2D eigenvalue weighted by molar-refractivity contribution is -0.142. The molecule has 5 heteroatoms. The van der Waals surface area contributed by atoms with E-state index >= 15 is 0 Å². The quantitative estimate of drug-likeness (QED) is 0.688. The maximum atomic E-state index is 11.3. The van der Waals surface area contributed by atoms with E-state index in [2.05, 4.69) is 15.9 Å². The van der Waals surface area contributed by atoms with Crippen molar-refractivity contribution in [3.63, 3.8) is 0 Å². The first-order valence-electron chi connectivity index (χ1n) is 4.43. The number of hydrogen-bond acceptors (Lipinski definition) is 3. The zero-order valence-electron chi connectivity index (χ0n) is 8.22. The summed E-state index contributed by atoms with van der Waals surface area (Å²) < 4.78 is 5.62. The summed E-state index contributed by atoms with van der Waals surface area (Å²) in [6.07, 6.45) is 0.138. The van der Waals surface area contributed by atoms with Gasteiger partial charge >= 0.3 is 5.97 Å². The van der Waals surface area contributed by atoms with Crippen LogP contribution in [0.15, 0.2) is 16.6 Å². The van der Waals surface area contributed by atoms with Crippen molar-refractivity contribution in [1.29, 1.82) is 0 Å². The second-order valence-corrected chi connectivity index (χ2v) is 4.27. The van der Waals surface area contributed by atoms with Crippen LogP contribution in [0.2, 0.25) is 5.02 Å². The summed E-state index contributed by atoms with van der Waals surface area (Å²) in [6.45, 7) is 2.12. The SMILES string of the molecule is CCOC(=O)Cc1cc(Br)cc(Cl)c1N. The lowest BCUT2D eigenvalue weighted by atomic mass is 10.1. The Hall–Kier alpha value is -0.740. The number of esters is 1. The molecular weight excluding hydrogens is 281 g/mol. The van der Waals surface area contributed by atoms with E-state index in [0.717, 1.165) is 4.47 Å². The smallest absolute Gasteiger partial charge is 0.310 e. The molecule has 0 saturated heterocycles. The molecule has 1 rings (SSSR count). The minimum absolute atomic E-state index is 0.138. The number of hydrogen-bond donors (Lipinski definition) is 1. The summed E-state index contributed by atoms with van der Waals surface area (Å²) in [5, 5.41) is 0.434. The van der Waals surface area contributed by atoms with Crippen LogP contribution in [0, 0.1) is 0 Å². The normalized spacial score (nSPS) is 10.1. The summed E-state index contributed by atoms with van der Waals surface area (Å²) in [5.41, 5.74) is 6.83. The highest BCUT2D eigenvalue weighted by Gasteiger charge is 2.10. The van der Waals surface area contributed by atoms with E-state index in [1.165, 1.54) is 0 Å². The van der Waals surface area contributed by atoms with Gasteiger partial charge in [0.05, 0.1) is 23.7 Å². The third-order valence-electron chi connectivity index (χ3n) is 1.82. The van der Waals surface area contributed by atoms with E-state index in [-0.39, 0.29) is 12.4 Å². The Labute approximate surface area is 102 Å². The maximum Gasteiger partial charge on any atom is 0.310 e. The molecule has 1 aromatic carbocycles. The number of anilines is 1. The van der Waals surface area contributed by atoms with Gasteiger partial charge in [-0.2, -0.15) is 0 Å². The molecule has 0 atom stereocenters. The van der Waals surface area contributed by atoms with Gasteiger partial charge in [0.1, 0.15) is 0 Å². The van der Waals surface area contributed by atoms with E-state index in [0.29, 0.717) is 22.9 Å². The molecule has 0 aromatic heterocycles. The van der Waals surface area contributed by atoms with Gasteiger partial charge in [-0.1, -0.05) is 27.5 Å². The molecule has 1 aromatic rings.